The number of ether oxygens (including phenoxy) is 3. The van der Waals surface area contributed by atoms with Crippen LogP contribution in [0.15, 0.2) is 35.7 Å². The molecule has 37 heavy (non-hydrogen) atoms. The van der Waals surface area contributed by atoms with Gasteiger partial charge in [-0.3, -0.25) is 9.59 Å². The van der Waals surface area contributed by atoms with Crippen LogP contribution in [0.1, 0.15) is 62.8 Å². The van der Waals surface area contributed by atoms with E-state index >= 15 is 0 Å². The molecule has 0 saturated heterocycles. The molecule has 0 aliphatic carbocycles. The molecule has 0 aliphatic rings. The van der Waals surface area contributed by atoms with Crippen LogP contribution in [0.25, 0.3) is 0 Å². The van der Waals surface area contributed by atoms with Crippen LogP contribution in [-0.2, 0) is 27.3 Å². The highest BCUT2D eigenvalue weighted by atomic mass is 32.1. The highest BCUT2D eigenvalue weighted by Crippen LogP contribution is 2.28. The fraction of sp³-hybridized carbons (Fsp3) is 0.586. The van der Waals surface area contributed by atoms with Crippen molar-refractivity contribution in [1.82, 2.24) is 9.80 Å². The Morgan fingerprint density at radius 2 is 1.70 bits per heavy atom. The molecular weight excluding hydrogens is 488 g/mol. The molecule has 7 nitrogen and oxygen atoms in total. The summed E-state index contributed by atoms with van der Waals surface area (Å²) >= 11 is 1.63. The van der Waals surface area contributed by atoms with Gasteiger partial charge < -0.3 is 24.0 Å². The lowest BCUT2D eigenvalue weighted by Crippen LogP contribution is -2.43. The van der Waals surface area contributed by atoms with Gasteiger partial charge in [-0.15, -0.1) is 11.3 Å². The number of rotatable bonds is 19. The molecule has 1 aromatic carbocycles. The SMILES string of the molecule is CCCCCCC(=O)N(CCCOCC)CC(=O)N(CCc1ccc(OC)c(OC)c1)Cc1cccs1. The zero-order valence-corrected chi connectivity index (χ0v) is 23.8. The van der Waals surface area contributed by atoms with Gasteiger partial charge >= 0.3 is 0 Å². The zero-order valence-electron chi connectivity index (χ0n) is 23.0. The summed E-state index contributed by atoms with van der Waals surface area (Å²) in [7, 11) is 3.23. The van der Waals surface area contributed by atoms with Crippen molar-refractivity contribution in [3.05, 3.63) is 46.2 Å². The monoisotopic (exact) mass is 532 g/mol. The smallest absolute Gasteiger partial charge is 0.242 e. The molecule has 2 rings (SSSR count). The minimum atomic E-state index is -0.0350. The molecule has 0 bridgehead atoms. The van der Waals surface area contributed by atoms with Gasteiger partial charge in [-0.05, 0) is 55.3 Å². The summed E-state index contributed by atoms with van der Waals surface area (Å²) in [5, 5.41) is 2.02. The Bertz CT molecular complexity index is 919. The third kappa shape index (κ3) is 11.1. The van der Waals surface area contributed by atoms with E-state index in [-0.39, 0.29) is 18.4 Å². The highest BCUT2D eigenvalue weighted by Gasteiger charge is 2.22. The van der Waals surface area contributed by atoms with E-state index in [0.717, 1.165) is 42.5 Å². The summed E-state index contributed by atoms with van der Waals surface area (Å²) in [6.45, 7) is 7.05. The number of unbranched alkanes of at least 4 members (excludes halogenated alkanes) is 3. The van der Waals surface area contributed by atoms with Crippen molar-refractivity contribution in [2.24, 2.45) is 0 Å². The number of carbonyl (C=O) groups is 2. The van der Waals surface area contributed by atoms with Crippen LogP contribution in [0.3, 0.4) is 0 Å². The minimum Gasteiger partial charge on any atom is -0.493 e. The lowest BCUT2D eigenvalue weighted by molar-refractivity contribution is -0.141. The van der Waals surface area contributed by atoms with Crippen molar-refractivity contribution in [3.63, 3.8) is 0 Å². The topological polar surface area (TPSA) is 68.3 Å². The molecule has 0 atom stereocenters. The molecule has 206 valence electrons. The van der Waals surface area contributed by atoms with Gasteiger partial charge in [0, 0.05) is 37.6 Å². The first kappa shape index (κ1) is 30.6. The number of hydrogen-bond acceptors (Lipinski definition) is 6. The van der Waals surface area contributed by atoms with Crippen LogP contribution in [0.5, 0.6) is 11.5 Å². The van der Waals surface area contributed by atoms with Crippen molar-refractivity contribution in [1.29, 1.82) is 0 Å². The van der Waals surface area contributed by atoms with Crippen LogP contribution in [0.2, 0.25) is 0 Å². The van der Waals surface area contributed by atoms with Gasteiger partial charge in [-0.25, -0.2) is 0 Å². The van der Waals surface area contributed by atoms with Crippen molar-refractivity contribution < 1.29 is 23.8 Å². The second-order valence-electron chi connectivity index (χ2n) is 9.01. The molecule has 8 heteroatoms. The third-order valence-corrected chi connectivity index (χ3v) is 7.10. The number of amides is 2. The van der Waals surface area contributed by atoms with Gasteiger partial charge in [0.25, 0.3) is 0 Å². The van der Waals surface area contributed by atoms with Crippen molar-refractivity contribution >= 4 is 23.2 Å². The predicted octanol–water partition coefficient (Wildman–Crippen LogP) is 5.56. The quantitative estimate of drug-likeness (QED) is 0.222. The van der Waals surface area contributed by atoms with Gasteiger partial charge in [0.1, 0.15) is 0 Å². The standard InChI is InChI=1S/C29H44N2O5S/c1-5-7-8-9-13-28(32)30(17-11-19-36-6-2)23-29(33)31(22-25-12-10-20-37-25)18-16-24-14-15-26(34-3)27(21-24)35-4/h10,12,14-15,20-21H,5-9,11,13,16-19,22-23H2,1-4H3. The van der Waals surface area contributed by atoms with E-state index in [4.69, 9.17) is 14.2 Å². The number of nitrogens with zero attached hydrogens (tertiary/aromatic N) is 2. The lowest BCUT2D eigenvalue weighted by atomic mass is 10.1. The summed E-state index contributed by atoms with van der Waals surface area (Å²) in [5.41, 5.74) is 1.06. The van der Waals surface area contributed by atoms with E-state index < -0.39 is 0 Å². The average molecular weight is 533 g/mol. The summed E-state index contributed by atoms with van der Waals surface area (Å²) in [5.74, 6) is 1.37. The Balaban J connectivity index is 2.10. The van der Waals surface area contributed by atoms with Crippen molar-refractivity contribution in [2.45, 2.75) is 65.3 Å². The zero-order chi connectivity index (χ0) is 26.9. The maximum absolute atomic E-state index is 13.6. The molecule has 0 spiro atoms. The fourth-order valence-corrected chi connectivity index (χ4v) is 4.82. The molecule has 0 unspecified atom stereocenters. The second kappa shape index (κ2) is 17.8. The molecule has 2 aromatic rings. The molecule has 0 saturated carbocycles. The Morgan fingerprint density at radius 3 is 2.38 bits per heavy atom. The maximum atomic E-state index is 13.6. The normalized spacial score (nSPS) is 10.8. The Labute approximate surface area is 226 Å². The molecule has 0 fully saturated rings. The van der Waals surface area contributed by atoms with E-state index in [1.165, 1.54) is 0 Å². The van der Waals surface area contributed by atoms with Crippen LogP contribution < -0.4 is 9.47 Å². The first-order valence-electron chi connectivity index (χ1n) is 13.4. The first-order valence-corrected chi connectivity index (χ1v) is 14.3. The van der Waals surface area contributed by atoms with E-state index in [1.807, 2.05) is 47.5 Å². The second-order valence-corrected chi connectivity index (χ2v) is 10.0. The number of benzene rings is 1. The summed E-state index contributed by atoms with van der Waals surface area (Å²) in [6, 6.07) is 9.87. The number of thiophene rings is 1. The molecule has 2 amide bonds. The lowest BCUT2D eigenvalue weighted by Gasteiger charge is -2.28. The van der Waals surface area contributed by atoms with Crippen molar-refractivity contribution in [3.8, 4) is 11.5 Å². The summed E-state index contributed by atoms with van der Waals surface area (Å²) in [6.07, 6.45) is 6.03. The fourth-order valence-electron chi connectivity index (χ4n) is 4.10. The van der Waals surface area contributed by atoms with E-state index in [0.29, 0.717) is 57.2 Å². The van der Waals surface area contributed by atoms with Gasteiger partial charge in [0.05, 0.1) is 27.3 Å². The Hall–Kier alpha value is -2.58. The third-order valence-electron chi connectivity index (χ3n) is 6.24. The van der Waals surface area contributed by atoms with Crippen LogP contribution in [0.4, 0.5) is 0 Å². The number of methoxy groups -OCH3 is 2. The van der Waals surface area contributed by atoms with E-state index in [1.54, 1.807) is 30.5 Å². The number of hydrogen-bond donors (Lipinski definition) is 0. The minimum absolute atomic E-state index is 0.0350. The Kier molecular flexibility index (Phi) is 14.7. The van der Waals surface area contributed by atoms with E-state index in [2.05, 4.69) is 6.92 Å². The molecule has 0 radical (unpaired) electrons. The Morgan fingerprint density at radius 1 is 0.892 bits per heavy atom. The van der Waals surface area contributed by atoms with Crippen molar-refractivity contribution in [2.75, 3.05) is 47.1 Å². The number of carbonyl (C=O) groups excluding carboxylic acids is 2. The van der Waals surface area contributed by atoms with E-state index in [9.17, 15) is 9.59 Å². The molecule has 0 N–H and O–H groups in total. The van der Waals surface area contributed by atoms with Gasteiger partial charge in [0.2, 0.25) is 11.8 Å². The van der Waals surface area contributed by atoms with Gasteiger partial charge in [-0.2, -0.15) is 0 Å². The first-order chi connectivity index (χ1) is 18.0. The van der Waals surface area contributed by atoms with Crippen LogP contribution in [0, 0.1) is 0 Å². The molecule has 1 aromatic heterocycles. The van der Waals surface area contributed by atoms with Crippen LogP contribution in [-0.4, -0.2) is 68.7 Å². The van der Waals surface area contributed by atoms with Gasteiger partial charge in [0.15, 0.2) is 11.5 Å². The average Bonchev–Trinajstić information content (AvgIpc) is 3.43. The van der Waals surface area contributed by atoms with Crippen LogP contribution >= 0.6 is 11.3 Å². The largest absolute Gasteiger partial charge is 0.493 e. The molecule has 1 heterocycles. The predicted molar refractivity (Wildman–Crippen MR) is 149 cm³/mol. The summed E-state index contributed by atoms with van der Waals surface area (Å²) in [4.78, 5) is 31.3. The molecular formula is C29H44N2O5S. The van der Waals surface area contributed by atoms with Gasteiger partial charge in [-0.1, -0.05) is 38.3 Å². The summed E-state index contributed by atoms with van der Waals surface area (Å²) < 4.78 is 16.3. The maximum Gasteiger partial charge on any atom is 0.242 e. The molecule has 0 aliphatic heterocycles. The highest BCUT2D eigenvalue weighted by molar-refractivity contribution is 7.09.